The second kappa shape index (κ2) is 10.0. The second-order valence-corrected chi connectivity index (χ2v) is 7.92. The van der Waals surface area contributed by atoms with Crippen LogP contribution in [-0.2, 0) is 6.61 Å². The number of carbonyl (C=O) groups is 2. The van der Waals surface area contributed by atoms with Gasteiger partial charge >= 0.3 is 12.0 Å². The molecule has 0 fully saturated rings. The maximum absolute atomic E-state index is 13.4. The number of benzene rings is 4. The van der Waals surface area contributed by atoms with E-state index in [2.05, 4.69) is 10.5 Å². The number of rotatable bonds is 7. The minimum Gasteiger partial charge on any atom is -0.489 e. The van der Waals surface area contributed by atoms with Crippen LogP contribution in [0.4, 0.5) is 16.2 Å². The first-order chi connectivity index (χ1) is 17.6. The van der Waals surface area contributed by atoms with E-state index >= 15 is 0 Å². The number of urea groups is 1. The molecule has 177 valence electrons. The number of carboxylic acids is 1. The zero-order valence-corrected chi connectivity index (χ0v) is 19.1. The summed E-state index contributed by atoms with van der Waals surface area (Å²) in [5.41, 5.74) is 7.35. The van der Waals surface area contributed by atoms with Crippen molar-refractivity contribution in [1.29, 1.82) is 0 Å². The first kappa shape index (κ1) is 22.7. The van der Waals surface area contributed by atoms with Crippen LogP contribution >= 0.6 is 0 Å². The highest BCUT2D eigenvalue weighted by atomic mass is 16.5. The van der Waals surface area contributed by atoms with E-state index in [0.717, 1.165) is 11.1 Å². The number of ether oxygens (including phenoxy) is 1. The van der Waals surface area contributed by atoms with Crippen molar-refractivity contribution in [3.05, 3.63) is 126 Å². The van der Waals surface area contributed by atoms with Crippen LogP contribution in [0.3, 0.4) is 0 Å². The number of carbonyl (C=O) groups excluding carboxylic acids is 1. The highest BCUT2D eigenvalue weighted by Crippen LogP contribution is 2.26. The Morgan fingerprint density at radius 1 is 0.750 bits per heavy atom. The van der Waals surface area contributed by atoms with Crippen LogP contribution in [0.1, 0.15) is 21.5 Å². The van der Waals surface area contributed by atoms with Crippen LogP contribution < -0.4 is 20.2 Å². The number of amidine groups is 1. The third kappa shape index (κ3) is 4.88. The van der Waals surface area contributed by atoms with E-state index in [9.17, 15) is 14.7 Å². The summed E-state index contributed by atoms with van der Waals surface area (Å²) in [6, 6.07) is 31.6. The van der Waals surface area contributed by atoms with Gasteiger partial charge in [-0.2, -0.15) is 10.0 Å². The van der Waals surface area contributed by atoms with E-state index in [-0.39, 0.29) is 5.56 Å². The number of nitrogens with zero attached hydrogens (tertiary/aromatic N) is 4. The number of aromatic carboxylic acids is 1. The van der Waals surface area contributed by atoms with Gasteiger partial charge < -0.3 is 9.84 Å². The fraction of sp³-hybridized carbons (Fsp3) is 0.0357. The summed E-state index contributed by atoms with van der Waals surface area (Å²) < 4.78 is 5.86. The number of carboxylic acid groups (broad SMARTS) is 1. The van der Waals surface area contributed by atoms with Crippen LogP contribution in [-0.4, -0.2) is 22.9 Å². The fourth-order valence-corrected chi connectivity index (χ4v) is 3.59. The molecule has 1 aliphatic rings. The zero-order chi connectivity index (χ0) is 24.9. The van der Waals surface area contributed by atoms with Gasteiger partial charge in [0.05, 0.1) is 16.9 Å². The predicted octanol–water partition coefficient (Wildman–Crippen LogP) is 5.29. The summed E-state index contributed by atoms with van der Waals surface area (Å²) in [5.74, 6) is -0.0572. The van der Waals surface area contributed by atoms with Crippen molar-refractivity contribution >= 4 is 29.2 Å². The Bertz CT molecular complexity index is 1390. The monoisotopic (exact) mass is 477 g/mol. The highest BCUT2D eigenvalue weighted by molar-refractivity contribution is 6.13. The molecule has 0 aromatic heterocycles. The van der Waals surface area contributed by atoms with Gasteiger partial charge in [-0.1, -0.05) is 60.7 Å². The highest BCUT2D eigenvalue weighted by Gasteiger charge is 2.32. The van der Waals surface area contributed by atoms with Crippen LogP contribution in [0, 0.1) is 0 Å². The largest absolute Gasteiger partial charge is 0.489 e. The van der Waals surface area contributed by atoms with Crippen molar-refractivity contribution in [2.75, 3.05) is 10.0 Å². The zero-order valence-electron chi connectivity index (χ0n) is 19.1. The average Bonchev–Trinajstić information content (AvgIpc) is 2.93. The maximum atomic E-state index is 13.4. The summed E-state index contributed by atoms with van der Waals surface area (Å²) in [5, 5.41) is 16.1. The molecule has 4 aromatic carbocycles. The van der Waals surface area contributed by atoms with Crippen LogP contribution in [0.5, 0.6) is 5.75 Å². The van der Waals surface area contributed by atoms with E-state index in [1.165, 1.54) is 34.3 Å². The summed E-state index contributed by atoms with van der Waals surface area (Å²) in [6.07, 6.45) is 0. The van der Waals surface area contributed by atoms with Gasteiger partial charge in [0.1, 0.15) is 12.4 Å². The van der Waals surface area contributed by atoms with Crippen molar-refractivity contribution in [3.8, 4) is 5.75 Å². The molecule has 0 unspecified atom stereocenters. The molecule has 0 saturated heterocycles. The lowest BCUT2D eigenvalue weighted by atomic mass is 10.2. The minimum atomic E-state index is -1.05. The summed E-state index contributed by atoms with van der Waals surface area (Å²) in [6.45, 7) is 0.429. The Balaban J connectivity index is 1.42. The molecule has 0 bridgehead atoms. The van der Waals surface area contributed by atoms with Crippen molar-refractivity contribution in [2.24, 2.45) is 5.10 Å². The molecule has 1 radical (unpaired) electrons. The molecule has 0 aliphatic carbocycles. The van der Waals surface area contributed by atoms with Gasteiger partial charge in [-0.15, -0.1) is 10.5 Å². The molecule has 5 rings (SSSR count). The second-order valence-electron chi connectivity index (χ2n) is 7.92. The molecule has 8 heteroatoms. The lowest BCUT2D eigenvalue weighted by molar-refractivity contribution is 0.0697. The van der Waals surface area contributed by atoms with Gasteiger partial charge in [0.25, 0.3) is 0 Å². The summed E-state index contributed by atoms with van der Waals surface area (Å²) in [7, 11) is 0. The summed E-state index contributed by atoms with van der Waals surface area (Å²) in [4.78, 5) is 24.7. The number of anilines is 2. The molecule has 2 amide bonds. The molecule has 0 spiro atoms. The van der Waals surface area contributed by atoms with Crippen molar-refractivity contribution in [2.45, 2.75) is 6.61 Å². The lowest BCUT2D eigenvalue weighted by Crippen LogP contribution is -2.52. The molecule has 1 heterocycles. The Kier molecular flexibility index (Phi) is 6.31. The van der Waals surface area contributed by atoms with Gasteiger partial charge in [0, 0.05) is 5.56 Å². The van der Waals surface area contributed by atoms with Crippen LogP contribution in [0.2, 0.25) is 0 Å². The standard InChI is InChI=1S/C28H21N4O4/c33-27(34)22-11-13-23(14-12-22)31-28(35)32(30-26(29-31)21-9-5-2-6-10-21)24-15-17-25(18-16-24)36-19-20-7-3-1-4-8-20/h1-18H,19H2,(H,33,34). The van der Waals surface area contributed by atoms with E-state index in [1.807, 2.05) is 60.7 Å². The quantitative estimate of drug-likeness (QED) is 0.391. The topological polar surface area (TPSA) is 96.5 Å². The van der Waals surface area contributed by atoms with Crippen molar-refractivity contribution in [3.63, 3.8) is 0 Å². The molecule has 0 saturated carbocycles. The Morgan fingerprint density at radius 2 is 1.33 bits per heavy atom. The van der Waals surface area contributed by atoms with Crippen molar-refractivity contribution < 1.29 is 19.4 Å². The van der Waals surface area contributed by atoms with Gasteiger partial charge in [-0.05, 0) is 54.1 Å². The molecule has 4 aromatic rings. The number of hydrazone groups is 1. The molecule has 36 heavy (non-hydrogen) atoms. The maximum Gasteiger partial charge on any atom is 0.370 e. The average molecular weight is 478 g/mol. The van der Waals surface area contributed by atoms with Crippen LogP contribution in [0.25, 0.3) is 0 Å². The molecular formula is C28H21N4O4. The van der Waals surface area contributed by atoms with Crippen LogP contribution in [0.15, 0.2) is 114 Å². The number of hydrogen-bond acceptors (Lipinski definition) is 4. The first-order valence-corrected chi connectivity index (χ1v) is 11.2. The van der Waals surface area contributed by atoms with Crippen molar-refractivity contribution in [1.82, 2.24) is 5.43 Å². The normalized spacial score (nSPS) is 13.1. The van der Waals surface area contributed by atoms with E-state index < -0.39 is 12.0 Å². The van der Waals surface area contributed by atoms with Gasteiger partial charge in [-0.3, -0.25) is 0 Å². The SMILES string of the molecule is O=C(O)c1ccc(N2N=C(c3ccccc3)[N]N(c3ccc(OCc4ccccc4)cc3)C2=O)cc1. The molecule has 1 N–H and O–H groups in total. The summed E-state index contributed by atoms with van der Waals surface area (Å²) >= 11 is 0. The number of hydrogen-bond donors (Lipinski definition) is 1. The van der Waals surface area contributed by atoms with Gasteiger partial charge in [-0.25, -0.2) is 9.59 Å². The van der Waals surface area contributed by atoms with Gasteiger partial charge in [0.2, 0.25) is 0 Å². The Labute approximate surface area is 207 Å². The Morgan fingerprint density at radius 3 is 1.97 bits per heavy atom. The van der Waals surface area contributed by atoms with E-state index in [4.69, 9.17) is 4.74 Å². The molecule has 1 aliphatic heterocycles. The first-order valence-electron chi connectivity index (χ1n) is 11.2. The predicted molar refractivity (Wildman–Crippen MR) is 136 cm³/mol. The number of amides is 2. The fourth-order valence-electron chi connectivity index (χ4n) is 3.59. The minimum absolute atomic E-state index is 0.114. The molecule has 8 nitrogen and oxygen atoms in total. The third-order valence-corrected chi connectivity index (χ3v) is 5.47. The smallest absolute Gasteiger partial charge is 0.370 e. The van der Waals surface area contributed by atoms with E-state index in [1.54, 1.807) is 24.3 Å². The third-order valence-electron chi connectivity index (χ3n) is 5.47. The molecule has 0 atom stereocenters. The Hall–Kier alpha value is -5.11. The molecular weight excluding hydrogens is 456 g/mol. The van der Waals surface area contributed by atoms with Gasteiger partial charge in [0.15, 0.2) is 5.84 Å². The lowest BCUT2D eigenvalue weighted by Gasteiger charge is -2.31. The van der Waals surface area contributed by atoms with E-state index in [0.29, 0.717) is 29.6 Å².